The molecule has 0 saturated carbocycles. The lowest BCUT2D eigenvalue weighted by Crippen LogP contribution is -2.29. The molecule has 2 aromatic heterocycles. The largest absolute Gasteiger partial charge is 0.329 e. The maximum atomic E-state index is 12.2. The predicted molar refractivity (Wildman–Crippen MR) is 98.1 cm³/mol. The van der Waals surface area contributed by atoms with Crippen molar-refractivity contribution >= 4 is 22.8 Å². The summed E-state index contributed by atoms with van der Waals surface area (Å²) < 4.78 is 2.91. The third kappa shape index (κ3) is 3.01. The van der Waals surface area contributed by atoms with Gasteiger partial charge in [-0.25, -0.2) is 10.2 Å². The van der Waals surface area contributed by atoms with E-state index in [1.54, 1.807) is 17.7 Å². The molecule has 2 heterocycles. The van der Waals surface area contributed by atoms with Crippen molar-refractivity contribution in [3.8, 4) is 0 Å². The second kappa shape index (κ2) is 6.60. The number of rotatable bonds is 5. The Morgan fingerprint density at radius 2 is 2.08 bits per heavy atom. The van der Waals surface area contributed by atoms with E-state index in [0.29, 0.717) is 12.5 Å². The molecule has 0 aliphatic rings. The third-order valence-electron chi connectivity index (χ3n) is 3.83. The minimum atomic E-state index is -0.517. The normalized spacial score (nSPS) is 11.7. The summed E-state index contributed by atoms with van der Waals surface area (Å²) >= 11 is 0. The van der Waals surface area contributed by atoms with Crippen molar-refractivity contribution in [2.75, 3.05) is 5.43 Å². The molecule has 0 radical (unpaired) electrons. The van der Waals surface area contributed by atoms with E-state index in [2.05, 4.69) is 27.1 Å². The van der Waals surface area contributed by atoms with E-state index >= 15 is 0 Å². The van der Waals surface area contributed by atoms with Crippen molar-refractivity contribution in [1.29, 1.82) is 0 Å². The number of anilines is 1. The van der Waals surface area contributed by atoms with Crippen LogP contribution in [0.4, 0.5) is 5.95 Å². The highest BCUT2D eigenvalue weighted by molar-refractivity contribution is 5.99. The molecule has 3 rings (SSSR count). The van der Waals surface area contributed by atoms with Crippen LogP contribution in [-0.4, -0.2) is 24.8 Å². The molecule has 0 spiro atoms. The van der Waals surface area contributed by atoms with Crippen molar-refractivity contribution in [3.05, 3.63) is 69.4 Å². The van der Waals surface area contributed by atoms with Gasteiger partial charge in [-0.15, -0.1) is 6.58 Å². The minimum Gasteiger partial charge on any atom is -0.299 e. The fraction of sp³-hybridized carbons (Fsp3) is 0.176. The van der Waals surface area contributed by atoms with Crippen molar-refractivity contribution in [2.24, 2.45) is 12.1 Å². The van der Waals surface area contributed by atoms with Gasteiger partial charge in [0.1, 0.15) is 0 Å². The Labute approximate surface area is 143 Å². The number of fused-ring (bicyclic) bond motifs is 1. The van der Waals surface area contributed by atoms with E-state index in [1.807, 2.05) is 37.3 Å². The van der Waals surface area contributed by atoms with Gasteiger partial charge in [0.25, 0.3) is 5.56 Å². The summed E-state index contributed by atoms with van der Waals surface area (Å²) in [4.78, 5) is 30.6. The first-order chi connectivity index (χ1) is 12.0. The monoisotopic (exact) mass is 338 g/mol. The quantitative estimate of drug-likeness (QED) is 0.418. The summed E-state index contributed by atoms with van der Waals surface area (Å²) in [6.45, 7) is 5.92. The highest BCUT2D eigenvalue weighted by Gasteiger charge is 2.16. The average Bonchev–Trinajstić information content (AvgIpc) is 2.98. The smallest absolute Gasteiger partial charge is 0.299 e. The van der Waals surface area contributed by atoms with E-state index in [1.165, 1.54) is 4.57 Å². The fourth-order valence-electron chi connectivity index (χ4n) is 2.50. The lowest BCUT2D eigenvalue weighted by Gasteiger charge is -2.06. The van der Waals surface area contributed by atoms with Crippen molar-refractivity contribution in [2.45, 2.75) is 13.5 Å². The Hall–Kier alpha value is -3.42. The van der Waals surface area contributed by atoms with Gasteiger partial charge in [0.15, 0.2) is 11.2 Å². The lowest BCUT2D eigenvalue weighted by atomic mass is 10.1. The van der Waals surface area contributed by atoms with Crippen LogP contribution >= 0.6 is 0 Å². The van der Waals surface area contributed by atoms with Gasteiger partial charge in [-0.05, 0) is 12.5 Å². The van der Waals surface area contributed by atoms with E-state index in [-0.39, 0.29) is 11.2 Å². The molecule has 3 aromatic rings. The maximum Gasteiger partial charge on any atom is 0.329 e. The first-order valence-corrected chi connectivity index (χ1v) is 7.69. The minimum absolute atomic E-state index is 0.283. The summed E-state index contributed by atoms with van der Waals surface area (Å²) in [6.07, 6.45) is 1.64. The molecule has 0 aliphatic carbocycles. The Kier molecular flexibility index (Phi) is 4.34. The standard InChI is InChI=1S/C17H18N6O2/c1-4-10-23-13-14(22(3)17(25)19-15(13)24)18-16(23)21-20-11(2)12-8-6-5-7-9-12/h4-9H,1,10H2,2-3H3,(H,18,21)(H,19,24,25)/b20-11+. The van der Waals surface area contributed by atoms with Gasteiger partial charge in [-0.2, -0.15) is 10.1 Å². The Bertz CT molecular complexity index is 1070. The number of H-pyrrole nitrogens is 1. The van der Waals surface area contributed by atoms with Crippen LogP contribution < -0.4 is 16.7 Å². The fourth-order valence-corrected chi connectivity index (χ4v) is 2.50. The molecular formula is C17H18N6O2. The van der Waals surface area contributed by atoms with Gasteiger partial charge in [-0.3, -0.25) is 18.9 Å². The van der Waals surface area contributed by atoms with E-state index < -0.39 is 11.2 Å². The second-order valence-corrected chi connectivity index (χ2v) is 5.50. The molecule has 0 saturated heterocycles. The van der Waals surface area contributed by atoms with Crippen LogP contribution in [0.3, 0.4) is 0 Å². The average molecular weight is 338 g/mol. The number of aromatic amines is 1. The summed E-state index contributed by atoms with van der Waals surface area (Å²) in [6, 6.07) is 9.68. The number of hydrogen-bond donors (Lipinski definition) is 2. The van der Waals surface area contributed by atoms with Crippen LogP contribution in [0.2, 0.25) is 0 Å². The van der Waals surface area contributed by atoms with Crippen molar-refractivity contribution in [1.82, 2.24) is 19.1 Å². The number of allylic oxidation sites excluding steroid dienone is 1. The number of imidazole rings is 1. The molecule has 25 heavy (non-hydrogen) atoms. The number of hydrazone groups is 1. The summed E-state index contributed by atoms with van der Waals surface area (Å²) in [5.41, 5.74) is 4.17. The molecule has 0 amide bonds. The maximum absolute atomic E-state index is 12.2. The SMILES string of the molecule is C=CCn1c(N/N=C(\C)c2ccccc2)nc2c1c(=O)[nH]c(=O)n2C. The zero-order valence-electron chi connectivity index (χ0n) is 14.0. The highest BCUT2D eigenvalue weighted by atomic mass is 16.2. The van der Waals surface area contributed by atoms with Gasteiger partial charge < -0.3 is 0 Å². The number of benzene rings is 1. The molecule has 128 valence electrons. The molecule has 0 atom stereocenters. The van der Waals surface area contributed by atoms with Crippen molar-refractivity contribution < 1.29 is 0 Å². The first kappa shape index (κ1) is 16.4. The number of aromatic nitrogens is 4. The first-order valence-electron chi connectivity index (χ1n) is 7.69. The molecule has 8 heteroatoms. The zero-order chi connectivity index (χ0) is 18.0. The van der Waals surface area contributed by atoms with Gasteiger partial charge in [0.2, 0.25) is 5.95 Å². The van der Waals surface area contributed by atoms with Crippen LogP contribution in [0.25, 0.3) is 11.2 Å². The van der Waals surface area contributed by atoms with Crippen molar-refractivity contribution in [3.63, 3.8) is 0 Å². The zero-order valence-corrected chi connectivity index (χ0v) is 14.0. The van der Waals surface area contributed by atoms with Crippen LogP contribution in [0.1, 0.15) is 12.5 Å². The number of nitrogens with one attached hydrogen (secondary N) is 2. The van der Waals surface area contributed by atoms with Crippen LogP contribution in [-0.2, 0) is 13.6 Å². The molecule has 0 bridgehead atoms. The summed E-state index contributed by atoms with van der Waals surface area (Å²) in [7, 11) is 1.55. The second-order valence-electron chi connectivity index (χ2n) is 5.50. The molecule has 1 aromatic carbocycles. The van der Waals surface area contributed by atoms with Gasteiger partial charge >= 0.3 is 5.69 Å². The topological polar surface area (TPSA) is 97.1 Å². The van der Waals surface area contributed by atoms with Crippen LogP contribution in [0.15, 0.2) is 57.7 Å². The molecule has 2 N–H and O–H groups in total. The molecule has 0 aliphatic heterocycles. The molecule has 0 fully saturated rings. The van der Waals surface area contributed by atoms with Gasteiger partial charge in [0.05, 0.1) is 5.71 Å². The van der Waals surface area contributed by atoms with E-state index in [9.17, 15) is 9.59 Å². The number of nitrogens with zero attached hydrogens (tertiary/aromatic N) is 4. The summed E-state index contributed by atoms with van der Waals surface area (Å²) in [5, 5.41) is 4.33. The van der Waals surface area contributed by atoms with E-state index in [4.69, 9.17) is 0 Å². The highest BCUT2D eigenvalue weighted by Crippen LogP contribution is 2.15. The Morgan fingerprint density at radius 3 is 2.76 bits per heavy atom. The molecular weight excluding hydrogens is 320 g/mol. The molecule has 8 nitrogen and oxygen atoms in total. The Morgan fingerprint density at radius 1 is 1.36 bits per heavy atom. The number of hydrogen-bond acceptors (Lipinski definition) is 5. The van der Waals surface area contributed by atoms with Gasteiger partial charge in [-0.1, -0.05) is 36.4 Å². The number of aryl methyl sites for hydroxylation is 1. The van der Waals surface area contributed by atoms with Crippen LogP contribution in [0.5, 0.6) is 0 Å². The lowest BCUT2D eigenvalue weighted by molar-refractivity contribution is 0.819. The third-order valence-corrected chi connectivity index (χ3v) is 3.83. The summed E-state index contributed by atoms with van der Waals surface area (Å²) in [5.74, 6) is 0.358. The van der Waals surface area contributed by atoms with Gasteiger partial charge in [0, 0.05) is 13.6 Å². The predicted octanol–water partition coefficient (Wildman–Crippen LogP) is 1.45. The van der Waals surface area contributed by atoms with Crippen LogP contribution in [0, 0.1) is 0 Å². The molecule has 0 unspecified atom stereocenters. The Balaban J connectivity index is 2.10. The van der Waals surface area contributed by atoms with E-state index in [0.717, 1.165) is 11.3 Å².